The van der Waals surface area contributed by atoms with Crippen LogP contribution in [-0.2, 0) is 4.79 Å². The largest absolute Gasteiger partial charge is 0.353 e. The third kappa shape index (κ3) is 4.67. The third-order valence-electron chi connectivity index (χ3n) is 3.54. The summed E-state index contributed by atoms with van der Waals surface area (Å²) in [6.45, 7) is 6.88. The lowest BCUT2D eigenvalue weighted by molar-refractivity contribution is -0.123. The summed E-state index contributed by atoms with van der Waals surface area (Å²) in [6, 6.07) is 10.1. The molecule has 0 bridgehead atoms. The molecular formula is C16H26N2O. The fourth-order valence-corrected chi connectivity index (χ4v) is 2.29. The number of hydrogen-bond donors (Lipinski definition) is 2. The Kier molecular flexibility index (Phi) is 6.57. The zero-order valence-electron chi connectivity index (χ0n) is 12.2. The van der Waals surface area contributed by atoms with Gasteiger partial charge in [0.2, 0.25) is 5.91 Å². The summed E-state index contributed by atoms with van der Waals surface area (Å²) >= 11 is 0. The van der Waals surface area contributed by atoms with Crippen LogP contribution in [0.2, 0.25) is 0 Å². The first-order valence-corrected chi connectivity index (χ1v) is 7.15. The molecule has 0 saturated carbocycles. The summed E-state index contributed by atoms with van der Waals surface area (Å²) in [5.41, 5.74) is 6.69. The van der Waals surface area contributed by atoms with E-state index in [1.165, 1.54) is 0 Å². The van der Waals surface area contributed by atoms with Crippen molar-refractivity contribution in [2.45, 2.75) is 45.6 Å². The molecule has 0 saturated heterocycles. The lowest BCUT2D eigenvalue weighted by Crippen LogP contribution is -2.42. The van der Waals surface area contributed by atoms with E-state index in [9.17, 15) is 4.79 Å². The molecule has 1 aromatic rings. The number of rotatable bonds is 7. The summed E-state index contributed by atoms with van der Waals surface area (Å²) < 4.78 is 0. The van der Waals surface area contributed by atoms with Crippen LogP contribution < -0.4 is 11.1 Å². The molecule has 2 unspecified atom stereocenters. The van der Waals surface area contributed by atoms with Gasteiger partial charge in [0.1, 0.15) is 0 Å². The molecule has 3 nitrogen and oxygen atoms in total. The zero-order chi connectivity index (χ0) is 14.3. The maximum absolute atomic E-state index is 12.4. The summed E-state index contributed by atoms with van der Waals surface area (Å²) in [7, 11) is 0. The summed E-state index contributed by atoms with van der Waals surface area (Å²) in [4.78, 5) is 12.4. The number of benzene rings is 1. The Hall–Kier alpha value is -1.35. The van der Waals surface area contributed by atoms with Gasteiger partial charge in [0.05, 0.1) is 5.92 Å². The molecule has 0 aromatic heterocycles. The number of carbonyl (C=O) groups excluding carboxylic acids is 1. The smallest absolute Gasteiger partial charge is 0.227 e. The molecule has 19 heavy (non-hydrogen) atoms. The van der Waals surface area contributed by atoms with Crippen LogP contribution in [-0.4, -0.2) is 18.5 Å². The van der Waals surface area contributed by atoms with E-state index in [1.807, 2.05) is 37.3 Å². The van der Waals surface area contributed by atoms with E-state index >= 15 is 0 Å². The Labute approximate surface area is 116 Å². The molecule has 1 rings (SSSR count). The first kappa shape index (κ1) is 15.7. The van der Waals surface area contributed by atoms with E-state index in [-0.39, 0.29) is 17.9 Å². The lowest BCUT2D eigenvalue weighted by Gasteiger charge is -2.25. The second kappa shape index (κ2) is 7.95. The van der Waals surface area contributed by atoms with E-state index in [4.69, 9.17) is 5.73 Å². The van der Waals surface area contributed by atoms with Gasteiger partial charge >= 0.3 is 0 Å². The van der Waals surface area contributed by atoms with Gasteiger partial charge in [-0.1, -0.05) is 51.1 Å². The van der Waals surface area contributed by atoms with Gasteiger partial charge < -0.3 is 11.1 Å². The first-order chi connectivity index (χ1) is 9.10. The molecule has 1 aromatic carbocycles. The monoisotopic (exact) mass is 262 g/mol. The van der Waals surface area contributed by atoms with Crippen molar-refractivity contribution >= 4 is 5.91 Å². The maximum Gasteiger partial charge on any atom is 0.227 e. The van der Waals surface area contributed by atoms with E-state index < -0.39 is 0 Å². The van der Waals surface area contributed by atoms with Gasteiger partial charge in [-0.15, -0.1) is 0 Å². The SMILES string of the molecule is CCC(C(=O)NC(CCN)C(C)C)c1ccccc1. The molecule has 0 aliphatic carbocycles. The van der Waals surface area contributed by atoms with Gasteiger partial charge in [0.15, 0.2) is 0 Å². The highest BCUT2D eigenvalue weighted by atomic mass is 16.1. The fourth-order valence-electron chi connectivity index (χ4n) is 2.29. The van der Waals surface area contributed by atoms with E-state index in [2.05, 4.69) is 19.2 Å². The molecule has 106 valence electrons. The average molecular weight is 262 g/mol. The minimum absolute atomic E-state index is 0.0692. The highest BCUT2D eigenvalue weighted by Gasteiger charge is 2.22. The summed E-state index contributed by atoms with van der Waals surface area (Å²) in [5, 5.41) is 3.15. The standard InChI is InChI=1S/C16H26N2O/c1-4-14(13-8-6-5-7-9-13)16(19)18-15(10-11-17)12(2)3/h5-9,12,14-15H,4,10-11,17H2,1-3H3,(H,18,19). The first-order valence-electron chi connectivity index (χ1n) is 7.15. The van der Waals surface area contributed by atoms with Crippen LogP contribution in [0.1, 0.15) is 45.1 Å². The minimum Gasteiger partial charge on any atom is -0.353 e. The van der Waals surface area contributed by atoms with Crippen LogP contribution in [0.4, 0.5) is 0 Å². The van der Waals surface area contributed by atoms with Gasteiger partial charge in [-0.2, -0.15) is 0 Å². The lowest BCUT2D eigenvalue weighted by atomic mass is 9.93. The molecule has 1 amide bonds. The van der Waals surface area contributed by atoms with Crippen LogP contribution >= 0.6 is 0 Å². The molecule has 0 aliphatic heterocycles. The average Bonchev–Trinajstić information content (AvgIpc) is 2.40. The van der Waals surface area contributed by atoms with Crippen LogP contribution in [0, 0.1) is 5.92 Å². The van der Waals surface area contributed by atoms with Gasteiger partial charge in [-0.25, -0.2) is 0 Å². The quantitative estimate of drug-likeness (QED) is 0.793. The Balaban J connectivity index is 2.74. The topological polar surface area (TPSA) is 55.1 Å². The molecule has 2 atom stereocenters. The molecule has 0 heterocycles. The molecule has 0 aliphatic rings. The van der Waals surface area contributed by atoms with Gasteiger partial charge in [-0.3, -0.25) is 4.79 Å². The Bertz CT molecular complexity index is 376. The molecule has 0 radical (unpaired) electrons. The third-order valence-corrected chi connectivity index (χ3v) is 3.54. The minimum atomic E-state index is -0.0692. The second-order valence-corrected chi connectivity index (χ2v) is 5.31. The van der Waals surface area contributed by atoms with Crippen LogP contribution in [0.3, 0.4) is 0 Å². The van der Waals surface area contributed by atoms with Crippen LogP contribution in [0.5, 0.6) is 0 Å². The van der Waals surface area contributed by atoms with Gasteiger partial charge in [0.25, 0.3) is 0 Å². The number of nitrogens with two attached hydrogens (primary N) is 1. The van der Waals surface area contributed by atoms with E-state index in [1.54, 1.807) is 0 Å². The van der Waals surface area contributed by atoms with Crippen molar-refractivity contribution in [1.29, 1.82) is 0 Å². The Morgan fingerprint density at radius 2 is 1.89 bits per heavy atom. The Morgan fingerprint density at radius 1 is 1.26 bits per heavy atom. The van der Waals surface area contributed by atoms with Gasteiger partial charge in [0, 0.05) is 6.04 Å². The molecule has 3 N–H and O–H groups in total. The van der Waals surface area contributed by atoms with E-state index in [0.717, 1.165) is 18.4 Å². The highest BCUT2D eigenvalue weighted by Crippen LogP contribution is 2.20. The zero-order valence-corrected chi connectivity index (χ0v) is 12.2. The van der Waals surface area contributed by atoms with Crippen molar-refractivity contribution < 1.29 is 4.79 Å². The van der Waals surface area contributed by atoms with Crippen molar-refractivity contribution in [3.63, 3.8) is 0 Å². The van der Waals surface area contributed by atoms with Crippen molar-refractivity contribution in [3.05, 3.63) is 35.9 Å². The van der Waals surface area contributed by atoms with Crippen molar-refractivity contribution in [2.75, 3.05) is 6.54 Å². The maximum atomic E-state index is 12.4. The normalized spacial score (nSPS) is 14.2. The highest BCUT2D eigenvalue weighted by molar-refractivity contribution is 5.83. The van der Waals surface area contributed by atoms with Crippen LogP contribution in [0.25, 0.3) is 0 Å². The molecular weight excluding hydrogens is 236 g/mol. The fraction of sp³-hybridized carbons (Fsp3) is 0.562. The predicted molar refractivity (Wildman–Crippen MR) is 79.9 cm³/mol. The van der Waals surface area contributed by atoms with Crippen LogP contribution in [0.15, 0.2) is 30.3 Å². The molecule has 3 heteroatoms. The van der Waals surface area contributed by atoms with Crippen molar-refractivity contribution in [2.24, 2.45) is 11.7 Å². The van der Waals surface area contributed by atoms with Gasteiger partial charge in [-0.05, 0) is 30.9 Å². The number of carbonyl (C=O) groups is 1. The van der Waals surface area contributed by atoms with Crippen molar-refractivity contribution in [3.8, 4) is 0 Å². The Morgan fingerprint density at radius 3 is 2.37 bits per heavy atom. The van der Waals surface area contributed by atoms with E-state index in [0.29, 0.717) is 12.5 Å². The summed E-state index contributed by atoms with van der Waals surface area (Å²) in [5.74, 6) is 0.446. The number of hydrogen-bond acceptors (Lipinski definition) is 2. The predicted octanol–water partition coefficient (Wildman–Crippen LogP) is 2.67. The summed E-state index contributed by atoms with van der Waals surface area (Å²) in [6.07, 6.45) is 1.64. The van der Waals surface area contributed by atoms with Crippen molar-refractivity contribution in [1.82, 2.24) is 5.32 Å². The molecule has 0 fully saturated rings. The number of amides is 1. The molecule has 0 spiro atoms. The number of nitrogens with one attached hydrogen (secondary N) is 1. The second-order valence-electron chi connectivity index (χ2n) is 5.31.